The molecule has 1 aliphatic rings. The normalized spacial score (nSPS) is 16.6. The first kappa shape index (κ1) is 17.8. The highest BCUT2D eigenvalue weighted by Gasteiger charge is 2.26. The molecule has 0 aromatic heterocycles. The van der Waals surface area contributed by atoms with E-state index in [1.165, 1.54) is 26.2 Å². The molecule has 0 aliphatic carbocycles. The molecule has 6 nitrogen and oxygen atoms in total. The van der Waals surface area contributed by atoms with E-state index in [9.17, 15) is 17.6 Å². The lowest BCUT2D eigenvalue weighted by Gasteiger charge is -2.32. The number of likely N-dealkylation sites (tertiary alicyclic amines) is 1. The van der Waals surface area contributed by atoms with Crippen LogP contribution in [0.15, 0.2) is 23.1 Å². The smallest absolute Gasteiger partial charge is 0.248 e. The summed E-state index contributed by atoms with van der Waals surface area (Å²) in [7, 11) is -2.23. The van der Waals surface area contributed by atoms with Gasteiger partial charge in [0.25, 0.3) is 0 Å². The molecule has 0 saturated carbocycles. The summed E-state index contributed by atoms with van der Waals surface area (Å²) < 4.78 is 45.4. The number of halogens is 1. The van der Waals surface area contributed by atoms with Crippen LogP contribution in [0.3, 0.4) is 0 Å². The number of nitrogens with one attached hydrogen (secondary N) is 1. The van der Waals surface area contributed by atoms with Crippen molar-refractivity contribution >= 4 is 15.9 Å². The summed E-state index contributed by atoms with van der Waals surface area (Å²) in [4.78, 5) is 13.4. The Kier molecular flexibility index (Phi) is 5.72. The van der Waals surface area contributed by atoms with Gasteiger partial charge in [0.05, 0.1) is 4.90 Å². The molecule has 1 amide bonds. The number of aryl methyl sites for hydroxylation is 1. The molecule has 128 valence electrons. The zero-order chi connectivity index (χ0) is 17.0. The maximum Gasteiger partial charge on any atom is 0.248 e. The number of hydrogen-bond donors (Lipinski definition) is 1. The highest BCUT2D eigenvalue weighted by atomic mass is 32.2. The lowest BCUT2D eigenvalue weighted by molar-refractivity contribution is -0.136. The van der Waals surface area contributed by atoms with Crippen LogP contribution in [0.4, 0.5) is 4.39 Å². The number of carbonyl (C=O) groups excluding carboxylic acids is 1. The van der Waals surface area contributed by atoms with E-state index in [0.717, 1.165) is 6.07 Å². The summed E-state index contributed by atoms with van der Waals surface area (Å²) in [6, 6.07) is 3.48. The second kappa shape index (κ2) is 7.37. The molecule has 0 spiro atoms. The maximum atomic E-state index is 13.3. The predicted molar refractivity (Wildman–Crippen MR) is 82.9 cm³/mol. The van der Waals surface area contributed by atoms with Crippen molar-refractivity contribution in [2.75, 3.05) is 26.8 Å². The fourth-order valence-electron chi connectivity index (χ4n) is 2.53. The van der Waals surface area contributed by atoms with Crippen molar-refractivity contribution in [3.05, 3.63) is 29.6 Å². The Morgan fingerprint density at radius 2 is 2.04 bits per heavy atom. The number of sulfonamides is 1. The summed E-state index contributed by atoms with van der Waals surface area (Å²) in [5.74, 6) is -0.531. The monoisotopic (exact) mass is 344 g/mol. The molecule has 1 saturated heterocycles. The summed E-state index contributed by atoms with van der Waals surface area (Å²) in [6.45, 7) is 2.52. The van der Waals surface area contributed by atoms with Gasteiger partial charge in [-0.25, -0.2) is 17.5 Å². The zero-order valence-electron chi connectivity index (χ0n) is 13.2. The van der Waals surface area contributed by atoms with Gasteiger partial charge in [0.15, 0.2) is 0 Å². The lowest BCUT2D eigenvalue weighted by Crippen LogP contribution is -2.47. The Bertz CT molecular complexity index is 670. The SMILES string of the molecule is COCC(=O)N1CCC(NS(=O)(=O)c2ccc(F)c(C)c2)CC1. The number of hydrogen-bond acceptors (Lipinski definition) is 4. The topological polar surface area (TPSA) is 75.7 Å². The van der Waals surface area contributed by atoms with Crippen LogP contribution in [-0.4, -0.2) is 52.1 Å². The van der Waals surface area contributed by atoms with E-state index in [2.05, 4.69) is 4.72 Å². The molecule has 2 rings (SSSR count). The van der Waals surface area contributed by atoms with Gasteiger partial charge in [0.2, 0.25) is 15.9 Å². The van der Waals surface area contributed by atoms with Gasteiger partial charge in [-0.15, -0.1) is 0 Å². The first-order valence-corrected chi connectivity index (χ1v) is 8.87. The lowest BCUT2D eigenvalue weighted by atomic mass is 10.1. The third-order valence-corrected chi connectivity index (χ3v) is 5.40. The van der Waals surface area contributed by atoms with Crippen LogP contribution in [0.5, 0.6) is 0 Å². The Morgan fingerprint density at radius 3 is 2.61 bits per heavy atom. The molecule has 1 aliphatic heterocycles. The van der Waals surface area contributed by atoms with Crippen molar-refractivity contribution in [1.29, 1.82) is 0 Å². The Hall–Kier alpha value is -1.51. The van der Waals surface area contributed by atoms with Crippen molar-refractivity contribution in [3.8, 4) is 0 Å². The number of rotatable bonds is 5. The van der Waals surface area contributed by atoms with Crippen molar-refractivity contribution in [3.63, 3.8) is 0 Å². The van der Waals surface area contributed by atoms with Crippen LogP contribution in [0.2, 0.25) is 0 Å². The minimum absolute atomic E-state index is 0.0330. The molecule has 1 heterocycles. The van der Waals surface area contributed by atoms with Gasteiger partial charge in [-0.2, -0.15) is 0 Å². The van der Waals surface area contributed by atoms with Gasteiger partial charge >= 0.3 is 0 Å². The summed E-state index contributed by atoms with van der Waals surface area (Å²) >= 11 is 0. The molecule has 23 heavy (non-hydrogen) atoms. The Labute approximate surface area is 135 Å². The summed E-state index contributed by atoms with van der Waals surface area (Å²) in [5, 5.41) is 0. The van der Waals surface area contributed by atoms with Gasteiger partial charge in [-0.3, -0.25) is 4.79 Å². The van der Waals surface area contributed by atoms with Crippen LogP contribution in [0.25, 0.3) is 0 Å². The standard InChI is InChI=1S/C15H21FN2O4S/c1-11-9-13(3-4-14(11)16)23(20,21)17-12-5-7-18(8-6-12)15(19)10-22-2/h3-4,9,12,17H,5-8,10H2,1-2H3. The molecule has 0 unspecified atom stereocenters. The molecule has 1 N–H and O–H groups in total. The van der Waals surface area contributed by atoms with Gasteiger partial charge in [0, 0.05) is 26.2 Å². The van der Waals surface area contributed by atoms with Crippen LogP contribution >= 0.6 is 0 Å². The van der Waals surface area contributed by atoms with Crippen molar-refractivity contribution < 1.29 is 22.3 Å². The van der Waals surface area contributed by atoms with E-state index in [-0.39, 0.29) is 29.0 Å². The molecular weight excluding hydrogens is 323 g/mol. The number of ether oxygens (including phenoxy) is 1. The molecule has 0 atom stereocenters. The molecule has 8 heteroatoms. The highest BCUT2D eigenvalue weighted by molar-refractivity contribution is 7.89. The summed E-state index contributed by atoms with van der Waals surface area (Å²) in [6.07, 6.45) is 1.07. The van der Waals surface area contributed by atoms with E-state index >= 15 is 0 Å². The van der Waals surface area contributed by atoms with Crippen LogP contribution in [-0.2, 0) is 19.6 Å². The largest absolute Gasteiger partial charge is 0.375 e. The molecule has 1 fully saturated rings. The van der Waals surface area contributed by atoms with Crippen LogP contribution < -0.4 is 4.72 Å². The maximum absolute atomic E-state index is 13.3. The van der Waals surface area contributed by atoms with E-state index in [0.29, 0.717) is 25.9 Å². The van der Waals surface area contributed by atoms with E-state index in [1.807, 2.05) is 0 Å². The van der Waals surface area contributed by atoms with E-state index < -0.39 is 15.8 Å². The third-order valence-electron chi connectivity index (χ3n) is 3.88. The number of carbonyl (C=O) groups is 1. The second-order valence-electron chi connectivity index (χ2n) is 5.62. The zero-order valence-corrected chi connectivity index (χ0v) is 14.0. The van der Waals surface area contributed by atoms with Crippen LogP contribution in [0, 0.1) is 12.7 Å². The van der Waals surface area contributed by atoms with Crippen molar-refractivity contribution in [2.24, 2.45) is 0 Å². The molecular formula is C15H21FN2O4S. The first-order valence-electron chi connectivity index (χ1n) is 7.38. The molecule has 1 aromatic rings. The fourth-order valence-corrected chi connectivity index (χ4v) is 3.92. The first-order chi connectivity index (χ1) is 10.8. The number of benzene rings is 1. The highest BCUT2D eigenvalue weighted by Crippen LogP contribution is 2.17. The molecule has 0 radical (unpaired) electrons. The second-order valence-corrected chi connectivity index (χ2v) is 7.33. The number of methoxy groups -OCH3 is 1. The minimum atomic E-state index is -3.69. The fraction of sp³-hybridized carbons (Fsp3) is 0.533. The van der Waals surface area contributed by atoms with Gasteiger partial charge in [-0.1, -0.05) is 0 Å². The minimum Gasteiger partial charge on any atom is -0.375 e. The Balaban J connectivity index is 1.97. The predicted octanol–water partition coefficient (Wildman–Crippen LogP) is 1.05. The number of nitrogens with zero attached hydrogens (tertiary/aromatic N) is 1. The molecule has 0 bridgehead atoms. The average Bonchev–Trinajstić information content (AvgIpc) is 2.50. The van der Waals surface area contributed by atoms with E-state index in [4.69, 9.17) is 4.74 Å². The van der Waals surface area contributed by atoms with Crippen molar-refractivity contribution in [2.45, 2.75) is 30.7 Å². The molecule has 1 aromatic carbocycles. The van der Waals surface area contributed by atoms with Gasteiger partial charge in [0.1, 0.15) is 12.4 Å². The van der Waals surface area contributed by atoms with Crippen molar-refractivity contribution in [1.82, 2.24) is 9.62 Å². The van der Waals surface area contributed by atoms with Crippen LogP contribution in [0.1, 0.15) is 18.4 Å². The quantitative estimate of drug-likeness (QED) is 0.866. The van der Waals surface area contributed by atoms with Gasteiger partial charge < -0.3 is 9.64 Å². The average molecular weight is 344 g/mol. The third kappa shape index (κ3) is 4.49. The number of piperidine rings is 1. The Morgan fingerprint density at radius 1 is 1.39 bits per heavy atom. The summed E-state index contributed by atoms with van der Waals surface area (Å²) in [5.41, 5.74) is 0.285. The van der Waals surface area contributed by atoms with E-state index in [1.54, 1.807) is 4.90 Å². The number of amides is 1. The van der Waals surface area contributed by atoms with Gasteiger partial charge in [-0.05, 0) is 43.5 Å².